The van der Waals surface area contributed by atoms with E-state index in [4.69, 9.17) is 28.7 Å². The lowest BCUT2D eigenvalue weighted by atomic mass is 9.89. The topological polar surface area (TPSA) is 327 Å². The summed E-state index contributed by atoms with van der Waals surface area (Å²) in [7, 11) is 0. The molecule has 0 aliphatic heterocycles. The van der Waals surface area contributed by atoms with Crippen LogP contribution >= 0.6 is 15.9 Å². The summed E-state index contributed by atoms with van der Waals surface area (Å²) in [6.07, 6.45) is 43.1. The van der Waals surface area contributed by atoms with Gasteiger partial charge in [0.1, 0.15) is 18.6 Å². The average Bonchev–Trinajstić information content (AvgIpc) is 4.39. The number of Topliss-reactive ketones (excluding diaryl/α,β-unsaturated/α-hetero) is 1. The maximum atomic E-state index is 12.4. The summed E-state index contributed by atoms with van der Waals surface area (Å²) in [5.74, 6) is 3.77. The van der Waals surface area contributed by atoms with Crippen LogP contribution in [-0.4, -0.2) is 81.9 Å². The number of ketones is 1. The molecule has 0 spiro atoms. The Morgan fingerprint density at radius 2 is 1.07 bits per heavy atom. The Hall–Kier alpha value is -7.96. The molecule has 0 unspecified atom stereocenters. The molecule has 0 radical (unpaired) electrons. The molecule has 4 aliphatic carbocycles. The number of nitrogen functional groups attached to an aromatic ring is 1. The van der Waals surface area contributed by atoms with Crippen LogP contribution in [0.15, 0.2) is 116 Å². The maximum absolute atomic E-state index is 12.4. The van der Waals surface area contributed by atoms with Gasteiger partial charge in [-0.2, -0.15) is 20.4 Å². The first-order valence-corrected chi connectivity index (χ1v) is 29.4. The van der Waals surface area contributed by atoms with Crippen LogP contribution in [0.1, 0.15) is 155 Å². The SMILES string of the molecule is BrCC1CCCCC1.Nc1cnn(CC2CCCCC2)c1.O=C(Cc1cnn(CC2CCCCC2)c1)c1cc(-c2ccco2)on1.O=C(O)c1cc(-c2ccco2)on1.O=[N+]([O-])c1cn[nH]c1.O=[N+]([O-])c1cnn(CC2CCCCC2)c1. The van der Waals surface area contributed by atoms with Gasteiger partial charge in [0.2, 0.25) is 11.5 Å². The molecule has 0 amide bonds. The second kappa shape index (κ2) is 33.1. The number of rotatable bonds is 15. The lowest BCUT2D eigenvalue weighted by Crippen LogP contribution is -2.14. The minimum Gasteiger partial charge on any atom is -0.476 e. The van der Waals surface area contributed by atoms with Gasteiger partial charge >= 0.3 is 17.3 Å². The van der Waals surface area contributed by atoms with Crippen LogP contribution in [0.5, 0.6) is 0 Å². The van der Waals surface area contributed by atoms with Crippen molar-refractivity contribution in [1.29, 1.82) is 0 Å². The van der Waals surface area contributed by atoms with Crippen LogP contribution in [0.25, 0.3) is 23.0 Å². The van der Waals surface area contributed by atoms with Crippen LogP contribution in [0, 0.1) is 43.9 Å². The Morgan fingerprint density at radius 3 is 1.46 bits per heavy atom. The largest absolute Gasteiger partial charge is 0.476 e. The van der Waals surface area contributed by atoms with Crippen molar-refractivity contribution in [3.8, 4) is 23.0 Å². The number of hydrogen-bond donors (Lipinski definition) is 3. The van der Waals surface area contributed by atoms with Crippen molar-refractivity contribution >= 4 is 44.7 Å². The standard InChI is InChI=1S/C19H21N3O3.C10H15N3O2.C10H17N3.C8H5NO4.C7H13Br.C3H3N3O2/c23-17(16-10-19(25-21-16)18-7-4-8-24-18)9-15-11-20-22(13-15)12-14-5-2-1-3-6-14;14-13(15)10-6-11-12(8-10)7-9-4-2-1-3-5-9;11-10-6-12-13(8-10)7-9-4-2-1-3-5-9;10-8(11)5-4-7(13-9-5)6-2-1-3-12-6;8-6-7-4-2-1-3-5-7;7-6(8)3-1-4-5-2-3/h4,7-8,10-11,13-14H,1-3,5-6,9,12H2;6,8-9H,1-5,7H2;6,8-9H,1-5,7,11H2;1-4H,(H,10,11);7H,1-6H2;1-2H,(H,4,5). The van der Waals surface area contributed by atoms with E-state index in [1.165, 1.54) is 165 Å². The molecule has 82 heavy (non-hydrogen) atoms. The Kier molecular flexibility index (Phi) is 24.9. The van der Waals surface area contributed by atoms with Crippen molar-refractivity contribution < 1.29 is 42.4 Å². The van der Waals surface area contributed by atoms with Gasteiger partial charge in [-0.3, -0.25) is 44.2 Å². The van der Waals surface area contributed by atoms with Gasteiger partial charge in [0.05, 0.1) is 46.7 Å². The second-order valence-corrected chi connectivity index (χ2v) is 21.8. The van der Waals surface area contributed by atoms with Crippen LogP contribution in [0.4, 0.5) is 17.1 Å². The Balaban J connectivity index is 0.000000149. The molecule has 8 heterocycles. The second-order valence-electron chi connectivity index (χ2n) is 21.1. The number of nitro groups is 2. The van der Waals surface area contributed by atoms with Crippen molar-refractivity contribution in [3.05, 3.63) is 136 Å². The quantitative estimate of drug-likeness (QED) is 0.0371. The smallest absolute Gasteiger partial charge is 0.358 e. The molecule has 440 valence electrons. The predicted molar refractivity (Wildman–Crippen MR) is 306 cm³/mol. The highest BCUT2D eigenvalue weighted by Crippen LogP contribution is 2.29. The molecule has 8 aromatic heterocycles. The fourth-order valence-corrected chi connectivity index (χ4v) is 11.0. The lowest BCUT2D eigenvalue weighted by molar-refractivity contribution is -0.385. The number of alkyl halides is 1. The number of anilines is 1. The molecular weight excluding hydrogens is 1120 g/mol. The molecule has 0 saturated heterocycles. The van der Waals surface area contributed by atoms with Crippen LogP contribution < -0.4 is 5.73 Å². The zero-order valence-electron chi connectivity index (χ0n) is 46.1. The van der Waals surface area contributed by atoms with Crippen molar-refractivity contribution in [2.24, 2.45) is 23.7 Å². The van der Waals surface area contributed by atoms with Crippen molar-refractivity contribution in [2.45, 2.75) is 154 Å². The van der Waals surface area contributed by atoms with E-state index < -0.39 is 15.8 Å². The first-order chi connectivity index (χ1) is 39.9. The first-order valence-electron chi connectivity index (χ1n) is 28.3. The molecule has 8 aromatic rings. The molecule has 0 bridgehead atoms. The van der Waals surface area contributed by atoms with Gasteiger partial charge in [0, 0.05) is 55.9 Å². The number of carbonyl (C=O) groups excluding carboxylic acids is 1. The third kappa shape index (κ3) is 20.9. The number of aromatic nitrogens is 10. The Labute approximate surface area is 483 Å². The summed E-state index contributed by atoms with van der Waals surface area (Å²) in [5, 5.41) is 55.5. The number of carbonyl (C=O) groups is 2. The highest BCUT2D eigenvalue weighted by molar-refractivity contribution is 9.09. The number of halogens is 1. The number of aromatic amines is 1. The predicted octanol–water partition coefficient (Wildman–Crippen LogP) is 13.5. The fraction of sp³-hybridized carbons (Fsp3) is 0.509. The third-order valence-electron chi connectivity index (χ3n) is 14.7. The van der Waals surface area contributed by atoms with E-state index in [0.29, 0.717) is 40.6 Å². The van der Waals surface area contributed by atoms with E-state index in [9.17, 15) is 29.8 Å². The van der Waals surface area contributed by atoms with Gasteiger partial charge in [-0.1, -0.05) is 103 Å². The molecule has 25 heteroatoms. The first kappa shape index (κ1) is 61.7. The summed E-state index contributed by atoms with van der Waals surface area (Å²) in [5.41, 5.74) is 7.54. The number of nitrogens with two attached hydrogens (primary N) is 1. The summed E-state index contributed by atoms with van der Waals surface area (Å²) >= 11 is 3.51. The van der Waals surface area contributed by atoms with Crippen LogP contribution in [-0.2, 0) is 26.1 Å². The molecular formula is C57H74BrN13O11. The summed E-state index contributed by atoms with van der Waals surface area (Å²) in [6.45, 7) is 2.83. The van der Waals surface area contributed by atoms with E-state index >= 15 is 0 Å². The van der Waals surface area contributed by atoms with Gasteiger partial charge in [-0.15, -0.1) is 0 Å². The monoisotopic (exact) mass is 1200 g/mol. The van der Waals surface area contributed by atoms with E-state index in [0.717, 1.165) is 48.9 Å². The molecule has 24 nitrogen and oxygen atoms in total. The Bertz CT molecular complexity index is 3060. The number of aromatic carboxylic acids is 1. The molecule has 4 aliphatic rings. The van der Waals surface area contributed by atoms with Crippen molar-refractivity contribution in [1.82, 2.24) is 49.9 Å². The van der Waals surface area contributed by atoms with Gasteiger partial charge in [-0.25, -0.2) is 4.79 Å². The van der Waals surface area contributed by atoms with Gasteiger partial charge in [0.25, 0.3) is 0 Å². The number of carboxylic acids is 1. The fourth-order valence-electron chi connectivity index (χ4n) is 10.3. The normalized spacial score (nSPS) is 15.8. The van der Waals surface area contributed by atoms with Crippen LogP contribution in [0.2, 0.25) is 0 Å². The van der Waals surface area contributed by atoms with Gasteiger partial charge in [0.15, 0.2) is 28.7 Å². The number of carboxylic acid groups (broad SMARTS) is 1. The number of nitrogens with zero attached hydrogens (tertiary/aromatic N) is 11. The van der Waals surface area contributed by atoms with E-state index in [1.807, 2.05) is 21.8 Å². The van der Waals surface area contributed by atoms with Crippen LogP contribution in [0.3, 0.4) is 0 Å². The maximum Gasteiger partial charge on any atom is 0.358 e. The van der Waals surface area contributed by atoms with Gasteiger partial charge in [-0.05, 0) is 105 Å². The van der Waals surface area contributed by atoms with Gasteiger partial charge < -0.3 is 28.7 Å². The lowest BCUT2D eigenvalue weighted by Gasteiger charge is -2.21. The average molecular weight is 1200 g/mol. The highest BCUT2D eigenvalue weighted by atomic mass is 79.9. The number of nitrogens with one attached hydrogen (secondary N) is 1. The summed E-state index contributed by atoms with van der Waals surface area (Å²) in [4.78, 5) is 42.2. The van der Waals surface area contributed by atoms with E-state index in [1.54, 1.807) is 53.7 Å². The summed E-state index contributed by atoms with van der Waals surface area (Å²) < 4.78 is 25.8. The number of H-pyrrole nitrogens is 1. The van der Waals surface area contributed by atoms with Crippen molar-refractivity contribution in [3.63, 3.8) is 0 Å². The van der Waals surface area contributed by atoms with Crippen molar-refractivity contribution in [2.75, 3.05) is 11.1 Å². The van der Waals surface area contributed by atoms with E-state index in [-0.39, 0.29) is 29.3 Å². The molecule has 4 N–H and O–H groups in total. The third-order valence-corrected chi connectivity index (χ3v) is 15.7. The minimum atomic E-state index is -1.12. The Morgan fingerprint density at radius 1 is 0.610 bits per heavy atom. The molecule has 4 saturated carbocycles. The number of hydrogen-bond acceptors (Lipinski definition) is 17. The molecule has 12 rings (SSSR count). The molecule has 0 aromatic carbocycles. The highest BCUT2D eigenvalue weighted by Gasteiger charge is 2.20. The molecule has 4 fully saturated rings. The summed E-state index contributed by atoms with van der Waals surface area (Å²) in [6, 6.07) is 9.79. The zero-order valence-corrected chi connectivity index (χ0v) is 47.7. The minimum absolute atomic E-state index is 0.00926. The molecule has 0 atom stereocenters. The number of furan rings is 2. The van der Waals surface area contributed by atoms with E-state index in [2.05, 4.69) is 51.7 Å². The zero-order chi connectivity index (χ0) is 57.9.